The molecule has 0 saturated carbocycles. The molecule has 1 N–H and O–H groups in total. The maximum Gasteiger partial charge on any atom is 0.237 e. The molecule has 3 rings (SSSR count). The third-order valence-electron chi connectivity index (χ3n) is 5.39. The van der Waals surface area contributed by atoms with Crippen molar-refractivity contribution in [3.8, 4) is 11.5 Å². The van der Waals surface area contributed by atoms with E-state index in [0.29, 0.717) is 13.2 Å². The minimum absolute atomic E-state index is 0.0408. The molecule has 0 bridgehead atoms. The summed E-state index contributed by atoms with van der Waals surface area (Å²) in [6, 6.07) is 15.7. The van der Waals surface area contributed by atoms with Crippen LogP contribution in [0.4, 0.5) is 5.69 Å². The van der Waals surface area contributed by atoms with Crippen molar-refractivity contribution in [3.63, 3.8) is 0 Å². The third-order valence-corrected chi connectivity index (χ3v) is 5.39. The van der Waals surface area contributed by atoms with Crippen LogP contribution in [0.25, 0.3) is 0 Å². The van der Waals surface area contributed by atoms with Gasteiger partial charge in [0.15, 0.2) is 0 Å². The quantitative estimate of drug-likeness (QED) is 0.742. The van der Waals surface area contributed by atoms with Crippen LogP contribution >= 0.6 is 0 Å². The molecule has 156 valence electrons. The maximum absolute atomic E-state index is 12.7. The lowest BCUT2D eigenvalue weighted by Gasteiger charge is -2.39. The Kier molecular flexibility index (Phi) is 7.36. The second kappa shape index (κ2) is 10.2. The molecular weight excluding hydrogens is 366 g/mol. The van der Waals surface area contributed by atoms with Gasteiger partial charge in [0.05, 0.1) is 25.4 Å². The molecule has 0 spiro atoms. The first-order valence-corrected chi connectivity index (χ1v) is 10.2. The van der Waals surface area contributed by atoms with Gasteiger partial charge in [-0.05, 0) is 32.0 Å². The van der Waals surface area contributed by atoms with E-state index in [2.05, 4.69) is 21.2 Å². The molecule has 1 amide bonds. The first-order chi connectivity index (χ1) is 14.1. The van der Waals surface area contributed by atoms with E-state index in [0.717, 1.165) is 48.9 Å². The van der Waals surface area contributed by atoms with Gasteiger partial charge in [0.2, 0.25) is 5.91 Å². The van der Waals surface area contributed by atoms with E-state index < -0.39 is 0 Å². The van der Waals surface area contributed by atoms with Crippen molar-refractivity contribution in [1.82, 2.24) is 10.2 Å². The Hall–Kier alpha value is -2.73. The Balaban J connectivity index is 1.53. The summed E-state index contributed by atoms with van der Waals surface area (Å²) >= 11 is 0. The van der Waals surface area contributed by atoms with Gasteiger partial charge in [-0.15, -0.1) is 0 Å². The largest absolute Gasteiger partial charge is 0.496 e. The SMILES string of the molecule is CCOc1ccccc1N1CCN([C@@H](C)C(=O)NCc2ccccc2OC)CC1. The number of amides is 1. The number of carbonyl (C=O) groups is 1. The van der Waals surface area contributed by atoms with E-state index in [-0.39, 0.29) is 11.9 Å². The highest BCUT2D eigenvalue weighted by Gasteiger charge is 2.26. The number of nitrogens with zero attached hydrogens (tertiary/aromatic N) is 2. The number of para-hydroxylation sites is 3. The lowest BCUT2D eigenvalue weighted by atomic mass is 10.1. The third kappa shape index (κ3) is 5.21. The number of anilines is 1. The van der Waals surface area contributed by atoms with Gasteiger partial charge in [0, 0.05) is 38.3 Å². The van der Waals surface area contributed by atoms with Crippen LogP contribution < -0.4 is 19.7 Å². The summed E-state index contributed by atoms with van der Waals surface area (Å²) in [6.07, 6.45) is 0. The molecule has 0 aliphatic carbocycles. The fourth-order valence-corrected chi connectivity index (χ4v) is 3.69. The van der Waals surface area contributed by atoms with Crippen molar-refractivity contribution >= 4 is 11.6 Å². The topological polar surface area (TPSA) is 54.0 Å². The first-order valence-electron chi connectivity index (χ1n) is 10.2. The zero-order chi connectivity index (χ0) is 20.6. The Morgan fingerprint density at radius 1 is 1.03 bits per heavy atom. The fourth-order valence-electron chi connectivity index (χ4n) is 3.69. The summed E-state index contributed by atoms with van der Waals surface area (Å²) in [5.41, 5.74) is 2.11. The number of piperazine rings is 1. The predicted molar refractivity (Wildman–Crippen MR) is 116 cm³/mol. The molecule has 6 nitrogen and oxygen atoms in total. The van der Waals surface area contributed by atoms with Crippen molar-refractivity contribution in [3.05, 3.63) is 54.1 Å². The van der Waals surface area contributed by atoms with Crippen molar-refractivity contribution < 1.29 is 14.3 Å². The van der Waals surface area contributed by atoms with Gasteiger partial charge in [-0.1, -0.05) is 30.3 Å². The molecule has 1 atom stereocenters. The van der Waals surface area contributed by atoms with Gasteiger partial charge >= 0.3 is 0 Å². The van der Waals surface area contributed by atoms with Gasteiger partial charge in [0.25, 0.3) is 0 Å². The van der Waals surface area contributed by atoms with Gasteiger partial charge in [-0.3, -0.25) is 9.69 Å². The highest BCUT2D eigenvalue weighted by atomic mass is 16.5. The van der Waals surface area contributed by atoms with E-state index in [1.54, 1.807) is 7.11 Å². The lowest BCUT2D eigenvalue weighted by Crippen LogP contribution is -2.54. The smallest absolute Gasteiger partial charge is 0.237 e. The molecule has 1 saturated heterocycles. The maximum atomic E-state index is 12.7. The van der Waals surface area contributed by atoms with E-state index in [1.807, 2.05) is 56.3 Å². The fraction of sp³-hybridized carbons (Fsp3) is 0.435. The predicted octanol–water partition coefficient (Wildman–Crippen LogP) is 2.92. The van der Waals surface area contributed by atoms with Crippen molar-refractivity contribution in [2.24, 2.45) is 0 Å². The summed E-state index contributed by atoms with van der Waals surface area (Å²) in [5, 5.41) is 3.05. The number of ether oxygens (including phenoxy) is 2. The Morgan fingerprint density at radius 3 is 2.38 bits per heavy atom. The monoisotopic (exact) mass is 397 g/mol. The van der Waals surface area contributed by atoms with Crippen LogP contribution in [0.15, 0.2) is 48.5 Å². The number of methoxy groups -OCH3 is 1. The standard InChI is InChI=1S/C23H31N3O3/c1-4-29-22-12-8-6-10-20(22)26-15-13-25(14-16-26)18(2)23(27)24-17-19-9-5-7-11-21(19)28-3/h5-12,18H,4,13-17H2,1-3H3,(H,24,27)/t18-/m0/s1. The second-order valence-electron chi connectivity index (χ2n) is 7.13. The number of hydrogen-bond acceptors (Lipinski definition) is 5. The van der Waals surface area contributed by atoms with E-state index in [1.165, 1.54) is 0 Å². The average molecular weight is 398 g/mol. The van der Waals surface area contributed by atoms with Gasteiger partial charge in [0.1, 0.15) is 11.5 Å². The van der Waals surface area contributed by atoms with Crippen LogP contribution in [0.5, 0.6) is 11.5 Å². The highest BCUT2D eigenvalue weighted by Crippen LogP contribution is 2.29. The van der Waals surface area contributed by atoms with Gasteiger partial charge in [-0.25, -0.2) is 0 Å². The molecule has 0 radical (unpaired) electrons. The van der Waals surface area contributed by atoms with Crippen molar-refractivity contribution in [2.75, 3.05) is 44.8 Å². The minimum Gasteiger partial charge on any atom is -0.496 e. The molecule has 1 fully saturated rings. The van der Waals surface area contributed by atoms with Crippen LogP contribution in [0.1, 0.15) is 19.4 Å². The second-order valence-corrected chi connectivity index (χ2v) is 7.13. The van der Waals surface area contributed by atoms with Gasteiger partial charge < -0.3 is 19.7 Å². The van der Waals surface area contributed by atoms with Crippen LogP contribution in [0, 0.1) is 0 Å². The Bertz CT molecular complexity index is 803. The molecule has 1 aliphatic heterocycles. The summed E-state index contributed by atoms with van der Waals surface area (Å²) in [4.78, 5) is 17.2. The molecule has 6 heteroatoms. The first kappa shape index (κ1) is 21.0. The molecule has 0 aromatic heterocycles. The van der Waals surface area contributed by atoms with Crippen molar-refractivity contribution in [1.29, 1.82) is 0 Å². The summed E-state index contributed by atoms with van der Waals surface area (Å²) in [6.45, 7) is 8.51. The zero-order valence-electron chi connectivity index (χ0n) is 17.6. The molecule has 29 heavy (non-hydrogen) atoms. The average Bonchev–Trinajstić information content (AvgIpc) is 2.78. The van der Waals surface area contributed by atoms with Crippen molar-refractivity contribution in [2.45, 2.75) is 26.4 Å². The summed E-state index contributed by atoms with van der Waals surface area (Å²) < 4.78 is 11.1. The molecule has 2 aromatic carbocycles. The Morgan fingerprint density at radius 2 is 1.69 bits per heavy atom. The van der Waals surface area contributed by atoms with Gasteiger partial charge in [-0.2, -0.15) is 0 Å². The van der Waals surface area contributed by atoms with Crippen LogP contribution in [-0.2, 0) is 11.3 Å². The number of hydrogen-bond donors (Lipinski definition) is 1. The van der Waals surface area contributed by atoms with E-state index in [4.69, 9.17) is 9.47 Å². The number of nitrogens with one attached hydrogen (secondary N) is 1. The normalized spacial score (nSPS) is 15.6. The number of rotatable bonds is 8. The highest BCUT2D eigenvalue weighted by molar-refractivity contribution is 5.81. The lowest BCUT2D eigenvalue weighted by molar-refractivity contribution is -0.126. The van der Waals surface area contributed by atoms with Crippen LogP contribution in [0.3, 0.4) is 0 Å². The summed E-state index contributed by atoms with van der Waals surface area (Å²) in [7, 11) is 1.65. The number of benzene rings is 2. The van der Waals surface area contributed by atoms with E-state index >= 15 is 0 Å². The van der Waals surface area contributed by atoms with Crippen LogP contribution in [0.2, 0.25) is 0 Å². The summed E-state index contributed by atoms with van der Waals surface area (Å²) in [5.74, 6) is 1.76. The molecule has 0 unspecified atom stereocenters. The minimum atomic E-state index is -0.172. The zero-order valence-corrected chi connectivity index (χ0v) is 17.6. The van der Waals surface area contributed by atoms with Crippen LogP contribution in [-0.4, -0.2) is 56.7 Å². The Labute approximate surface area is 173 Å². The molecule has 2 aromatic rings. The number of carbonyl (C=O) groups excluding carboxylic acids is 1. The molecule has 1 aliphatic rings. The van der Waals surface area contributed by atoms with E-state index in [9.17, 15) is 4.79 Å². The molecule has 1 heterocycles. The molecular formula is C23H31N3O3.